The van der Waals surface area contributed by atoms with E-state index in [1.165, 1.54) is 25.7 Å². The van der Waals surface area contributed by atoms with E-state index in [9.17, 15) is 4.79 Å². The van der Waals surface area contributed by atoms with Crippen molar-refractivity contribution >= 4 is 28.3 Å². The van der Waals surface area contributed by atoms with Crippen LogP contribution in [0.4, 0.5) is 5.13 Å². The van der Waals surface area contributed by atoms with Gasteiger partial charge in [0, 0.05) is 63.5 Å². The first-order valence-electron chi connectivity index (χ1n) is 11.2. The highest BCUT2D eigenvalue weighted by Crippen LogP contribution is 2.28. The van der Waals surface area contributed by atoms with Crippen LogP contribution in [0.3, 0.4) is 0 Å². The molecule has 4 rings (SSSR count). The summed E-state index contributed by atoms with van der Waals surface area (Å²) in [6.07, 6.45) is 9.01. The predicted molar refractivity (Wildman–Crippen MR) is 119 cm³/mol. The van der Waals surface area contributed by atoms with Crippen LogP contribution in [0.2, 0.25) is 0 Å². The van der Waals surface area contributed by atoms with E-state index < -0.39 is 0 Å². The van der Waals surface area contributed by atoms with E-state index in [2.05, 4.69) is 30.8 Å². The van der Waals surface area contributed by atoms with Gasteiger partial charge in [-0.05, 0) is 32.1 Å². The minimum Gasteiger partial charge on any atom is -0.356 e. The highest BCUT2D eigenvalue weighted by molar-refractivity contribution is 7.13. The Morgan fingerprint density at radius 1 is 1.21 bits per heavy atom. The Balaban J connectivity index is 1.18. The molecule has 3 heterocycles. The number of aromatic nitrogens is 1. The van der Waals surface area contributed by atoms with Gasteiger partial charge in [0.1, 0.15) is 0 Å². The second-order valence-electron chi connectivity index (χ2n) is 8.46. The van der Waals surface area contributed by atoms with Crippen molar-refractivity contribution in [3.05, 3.63) is 11.1 Å². The Labute approximate surface area is 178 Å². The van der Waals surface area contributed by atoms with Crippen LogP contribution in [0.1, 0.15) is 50.6 Å². The van der Waals surface area contributed by atoms with E-state index in [1.54, 1.807) is 18.4 Å². The number of amides is 1. The number of rotatable bonds is 6. The lowest BCUT2D eigenvalue weighted by Gasteiger charge is -2.21. The van der Waals surface area contributed by atoms with Crippen molar-refractivity contribution in [2.75, 3.05) is 44.7 Å². The van der Waals surface area contributed by atoms with E-state index >= 15 is 0 Å². The SMILES string of the molecule is CN=C(NCCc1csc(N2CCCC2)n1)NC1CCN(C(=O)C2CCCC2)C1. The second kappa shape index (κ2) is 9.78. The number of guanidine groups is 1. The van der Waals surface area contributed by atoms with Crippen molar-refractivity contribution in [2.45, 2.75) is 57.4 Å². The van der Waals surface area contributed by atoms with Crippen molar-refractivity contribution in [1.29, 1.82) is 0 Å². The molecule has 0 bridgehead atoms. The number of nitrogens with zero attached hydrogens (tertiary/aromatic N) is 4. The molecule has 160 valence electrons. The fourth-order valence-electron chi connectivity index (χ4n) is 4.67. The molecule has 2 saturated heterocycles. The number of aliphatic imine (C=N–C) groups is 1. The third-order valence-electron chi connectivity index (χ3n) is 6.36. The number of carbonyl (C=O) groups is 1. The molecule has 1 aliphatic carbocycles. The first-order chi connectivity index (χ1) is 14.2. The standard InChI is InChI=1S/C21H34N6OS/c1-22-20(23-10-8-18-15-29-21(25-18)26-11-4-5-12-26)24-17-9-13-27(14-17)19(28)16-6-2-3-7-16/h15-17H,2-14H2,1H3,(H2,22,23,24). The Bertz CT molecular complexity index is 708. The number of anilines is 1. The molecule has 1 atom stereocenters. The molecule has 1 amide bonds. The molecule has 1 unspecified atom stereocenters. The summed E-state index contributed by atoms with van der Waals surface area (Å²) in [5.74, 6) is 1.46. The van der Waals surface area contributed by atoms with E-state index in [-0.39, 0.29) is 12.0 Å². The summed E-state index contributed by atoms with van der Waals surface area (Å²) in [7, 11) is 1.81. The highest BCUT2D eigenvalue weighted by Gasteiger charge is 2.32. The quantitative estimate of drug-likeness (QED) is 0.548. The maximum atomic E-state index is 12.6. The predicted octanol–water partition coefficient (Wildman–Crippen LogP) is 2.24. The largest absolute Gasteiger partial charge is 0.356 e. The Hall–Kier alpha value is -1.83. The van der Waals surface area contributed by atoms with Gasteiger partial charge < -0.3 is 20.4 Å². The van der Waals surface area contributed by atoms with Crippen molar-refractivity contribution < 1.29 is 4.79 Å². The minimum absolute atomic E-state index is 0.273. The molecule has 1 saturated carbocycles. The van der Waals surface area contributed by atoms with Crippen LogP contribution in [0.5, 0.6) is 0 Å². The number of carbonyl (C=O) groups excluding carboxylic acids is 1. The van der Waals surface area contributed by atoms with Gasteiger partial charge in [-0.3, -0.25) is 9.79 Å². The molecule has 7 nitrogen and oxygen atoms in total. The Morgan fingerprint density at radius 2 is 2.00 bits per heavy atom. The lowest BCUT2D eigenvalue weighted by Crippen LogP contribution is -2.45. The summed E-state index contributed by atoms with van der Waals surface area (Å²) in [5.41, 5.74) is 1.15. The Morgan fingerprint density at radius 3 is 2.76 bits per heavy atom. The molecule has 29 heavy (non-hydrogen) atoms. The summed E-state index contributed by atoms with van der Waals surface area (Å²) in [6, 6.07) is 0.285. The van der Waals surface area contributed by atoms with Crippen LogP contribution in [0.15, 0.2) is 10.4 Å². The van der Waals surface area contributed by atoms with Gasteiger partial charge in [0.05, 0.1) is 5.69 Å². The highest BCUT2D eigenvalue weighted by atomic mass is 32.1. The van der Waals surface area contributed by atoms with Gasteiger partial charge in [-0.1, -0.05) is 12.8 Å². The van der Waals surface area contributed by atoms with E-state index in [1.807, 2.05) is 0 Å². The third-order valence-corrected chi connectivity index (χ3v) is 7.31. The summed E-state index contributed by atoms with van der Waals surface area (Å²) in [6.45, 7) is 4.75. The van der Waals surface area contributed by atoms with Gasteiger partial charge >= 0.3 is 0 Å². The Kier molecular flexibility index (Phi) is 6.90. The number of hydrogen-bond acceptors (Lipinski definition) is 5. The van der Waals surface area contributed by atoms with Gasteiger partial charge in [-0.25, -0.2) is 4.98 Å². The molecule has 2 N–H and O–H groups in total. The van der Waals surface area contributed by atoms with Gasteiger partial charge in [0.25, 0.3) is 0 Å². The summed E-state index contributed by atoms with van der Waals surface area (Å²) >= 11 is 1.75. The normalized spacial score (nSPS) is 23.2. The maximum absolute atomic E-state index is 12.6. The molecule has 0 aromatic carbocycles. The van der Waals surface area contributed by atoms with Crippen LogP contribution in [-0.4, -0.2) is 67.6 Å². The first-order valence-corrected chi connectivity index (χ1v) is 12.1. The number of nitrogens with one attached hydrogen (secondary N) is 2. The zero-order valence-corrected chi connectivity index (χ0v) is 18.3. The van der Waals surface area contributed by atoms with Crippen LogP contribution in [0.25, 0.3) is 0 Å². The topological polar surface area (TPSA) is 72.9 Å². The van der Waals surface area contributed by atoms with Crippen molar-refractivity contribution in [3.8, 4) is 0 Å². The van der Waals surface area contributed by atoms with Gasteiger partial charge in [-0.2, -0.15) is 0 Å². The maximum Gasteiger partial charge on any atom is 0.225 e. The molecular weight excluding hydrogens is 384 g/mol. The van der Waals surface area contributed by atoms with Crippen molar-refractivity contribution in [3.63, 3.8) is 0 Å². The molecule has 3 aliphatic rings. The number of thiazole rings is 1. The molecule has 2 aliphatic heterocycles. The molecule has 3 fully saturated rings. The number of hydrogen-bond donors (Lipinski definition) is 2. The second-order valence-corrected chi connectivity index (χ2v) is 9.30. The van der Waals surface area contributed by atoms with Crippen LogP contribution >= 0.6 is 11.3 Å². The van der Waals surface area contributed by atoms with Gasteiger partial charge in [0.2, 0.25) is 5.91 Å². The zero-order valence-electron chi connectivity index (χ0n) is 17.5. The van der Waals surface area contributed by atoms with Gasteiger partial charge in [0.15, 0.2) is 11.1 Å². The zero-order chi connectivity index (χ0) is 20.1. The van der Waals surface area contributed by atoms with Crippen LogP contribution < -0.4 is 15.5 Å². The number of likely N-dealkylation sites (tertiary alicyclic amines) is 1. The summed E-state index contributed by atoms with van der Waals surface area (Å²) in [4.78, 5) is 26.2. The first kappa shape index (κ1) is 20.4. The minimum atomic E-state index is 0.273. The molecule has 0 spiro atoms. The average Bonchev–Trinajstić information content (AvgIpc) is 3.54. The molecule has 0 radical (unpaired) electrons. The summed E-state index contributed by atoms with van der Waals surface area (Å²) < 4.78 is 0. The lowest BCUT2D eigenvalue weighted by molar-refractivity contribution is -0.134. The fraction of sp³-hybridized carbons (Fsp3) is 0.762. The smallest absolute Gasteiger partial charge is 0.225 e. The third kappa shape index (κ3) is 5.21. The lowest BCUT2D eigenvalue weighted by atomic mass is 10.1. The molecule has 1 aromatic heterocycles. The van der Waals surface area contributed by atoms with E-state index in [0.29, 0.717) is 5.91 Å². The van der Waals surface area contributed by atoms with Crippen molar-refractivity contribution in [2.24, 2.45) is 10.9 Å². The van der Waals surface area contributed by atoms with Crippen molar-refractivity contribution in [1.82, 2.24) is 20.5 Å². The van der Waals surface area contributed by atoms with E-state index in [0.717, 1.165) is 75.2 Å². The summed E-state index contributed by atoms with van der Waals surface area (Å²) in [5, 5.41) is 10.2. The van der Waals surface area contributed by atoms with Crippen LogP contribution in [-0.2, 0) is 11.2 Å². The molecular formula is C21H34N6OS. The average molecular weight is 419 g/mol. The monoisotopic (exact) mass is 418 g/mol. The van der Waals surface area contributed by atoms with E-state index in [4.69, 9.17) is 4.98 Å². The molecule has 1 aromatic rings. The van der Waals surface area contributed by atoms with Gasteiger partial charge in [-0.15, -0.1) is 11.3 Å². The molecule has 8 heteroatoms. The van der Waals surface area contributed by atoms with Crippen LogP contribution in [0, 0.1) is 5.92 Å². The fourth-order valence-corrected chi connectivity index (χ4v) is 5.58.